The van der Waals surface area contributed by atoms with Crippen molar-refractivity contribution in [2.75, 3.05) is 18.0 Å². The Morgan fingerprint density at radius 1 is 1.26 bits per heavy atom. The van der Waals surface area contributed by atoms with E-state index in [9.17, 15) is 0 Å². The monoisotopic (exact) mass is 279 g/mol. The van der Waals surface area contributed by atoms with Crippen molar-refractivity contribution in [3.05, 3.63) is 10.6 Å². The second-order valence-corrected chi connectivity index (χ2v) is 6.84. The van der Waals surface area contributed by atoms with E-state index in [2.05, 4.69) is 24.1 Å². The highest BCUT2D eigenvalue weighted by molar-refractivity contribution is 7.15. The molecule has 2 aliphatic rings. The lowest BCUT2D eigenvalue weighted by Crippen LogP contribution is -2.24. The summed E-state index contributed by atoms with van der Waals surface area (Å²) < 4.78 is 0. The zero-order chi connectivity index (χ0) is 13.2. The van der Waals surface area contributed by atoms with Crippen LogP contribution in [-0.4, -0.2) is 24.1 Å². The first-order chi connectivity index (χ1) is 9.33. The second-order valence-electron chi connectivity index (χ2n) is 5.77. The van der Waals surface area contributed by atoms with Crippen LogP contribution in [0.5, 0.6) is 0 Å². The SMILES string of the molecule is CCCNCc1sc(N(CC)C2CC2)nc1C1CC1. The van der Waals surface area contributed by atoms with Crippen molar-refractivity contribution >= 4 is 16.5 Å². The molecule has 106 valence electrons. The average molecular weight is 279 g/mol. The third-order valence-electron chi connectivity index (χ3n) is 3.97. The van der Waals surface area contributed by atoms with Gasteiger partial charge in [0.05, 0.1) is 5.69 Å². The van der Waals surface area contributed by atoms with Gasteiger partial charge in [0.15, 0.2) is 5.13 Å². The fourth-order valence-corrected chi connectivity index (χ4v) is 3.84. The molecule has 2 saturated carbocycles. The minimum Gasteiger partial charge on any atom is -0.345 e. The molecular formula is C15H25N3S. The maximum absolute atomic E-state index is 4.99. The van der Waals surface area contributed by atoms with Gasteiger partial charge < -0.3 is 10.2 Å². The summed E-state index contributed by atoms with van der Waals surface area (Å²) in [6.07, 6.45) is 6.61. The van der Waals surface area contributed by atoms with E-state index in [1.54, 1.807) is 0 Å². The fraction of sp³-hybridized carbons (Fsp3) is 0.800. The molecule has 1 aromatic heterocycles. The Labute approximate surface area is 120 Å². The van der Waals surface area contributed by atoms with E-state index in [0.717, 1.165) is 31.6 Å². The third-order valence-corrected chi connectivity index (χ3v) is 5.07. The van der Waals surface area contributed by atoms with E-state index in [0.29, 0.717) is 0 Å². The van der Waals surface area contributed by atoms with Gasteiger partial charge in [-0.1, -0.05) is 6.92 Å². The van der Waals surface area contributed by atoms with Crippen molar-refractivity contribution in [3.8, 4) is 0 Å². The standard InChI is InChI=1S/C15H25N3S/c1-3-9-16-10-13-14(11-5-6-11)17-15(19-13)18(4-2)12-7-8-12/h11-12,16H,3-10H2,1-2H3. The largest absolute Gasteiger partial charge is 0.345 e. The van der Waals surface area contributed by atoms with Gasteiger partial charge in [-0.25, -0.2) is 4.98 Å². The Morgan fingerprint density at radius 2 is 2.05 bits per heavy atom. The number of rotatable bonds is 8. The van der Waals surface area contributed by atoms with Crippen LogP contribution in [0.25, 0.3) is 0 Å². The van der Waals surface area contributed by atoms with Crippen molar-refractivity contribution in [1.29, 1.82) is 0 Å². The highest BCUT2D eigenvalue weighted by Crippen LogP contribution is 2.45. The molecule has 2 fully saturated rings. The van der Waals surface area contributed by atoms with Crippen LogP contribution in [0.3, 0.4) is 0 Å². The third kappa shape index (κ3) is 3.11. The number of nitrogens with one attached hydrogen (secondary N) is 1. The van der Waals surface area contributed by atoms with E-state index in [1.807, 2.05) is 11.3 Å². The van der Waals surface area contributed by atoms with Gasteiger partial charge in [0.1, 0.15) is 0 Å². The van der Waals surface area contributed by atoms with E-state index in [1.165, 1.54) is 47.8 Å². The molecule has 3 rings (SSSR count). The molecule has 0 unspecified atom stereocenters. The predicted octanol–water partition coefficient (Wildman–Crippen LogP) is 3.51. The van der Waals surface area contributed by atoms with Crippen molar-refractivity contribution in [2.24, 2.45) is 0 Å². The van der Waals surface area contributed by atoms with Crippen LogP contribution < -0.4 is 10.2 Å². The summed E-state index contributed by atoms with van der Waals surface area (Å²) in [5.74, 6) is 0.765. The molecule has 0 spiro atoms. The minimum absolute atomic E-state index is 0.765. The molecule has 2 aliphatic carbocycles. The highest BCUT2D eigenvalue weighted by Gasteiger charge is 2.33. The van der Waals surface area contributed by atoms with Crippen LogP contribution in [0.4, 0.5) is 5.13 Å². The Bertz CT molecular complexity index is 421. The molecule has 1 heterocycles. The predicted molar refractivity (Wildman–Crippen MR) is 82.1 cm³/mol. The molecule has 4 heteroatoms. The van der Waals surface area contributed by atoms with Gasteiger partial charge in [0.2, 0.25) is 0 Å². The number of hydrogen-bond acceptors (Lipinski definition) is 4. The number of thiazole rings is 1. The van der Waals surface area contributed by atoms with Gasteiger partial charge in [-0.05, 0) is 45.6 Å². The molecule has 3 nitrogen and oxygen atoms in total. The molecule has 0 radical (unpaired) electrons. The normalized spacial score (nSPS) is 18.8. The van der Waals surface area contributed by atoms with Crippen LogP contribution in [0.1, 0.15) is 62.4 Å². The van der Waals surface area contributed by atoms with Crippen molar-refractivity contribution in [1.82, 2.24) is 10.3 Å². The molecule has 0 saturated heterocycles. The van der Waals surface area contributed by atoms with Gasteiger partial charge in [-0.2, -0.15) is 0 Å². The van der Waals surface area contributed by atoms with Crippen LogP contribution in [0, 0.1) is 0 Å². The lowest BCUT2D eigenvalue weighted by Gasteiger charge is -2.18. The molecule has 0 aromatic carbocycles. The summed E-state index contributed by atoms with van der Waals surface area (Å²) in [6.45, 7) is 7.70. The zero-order valence-corrected chi connectivity index (χ0v) is 12.9. The van der Waals surface area contributed by atoms with Gasteiger partial charge >= 0.3 is 0 Å². The quantitative estimate of drug-likeness (QED) is 0.738. The first-order valence-electron chi connectivity index (χ1n) is 7.80. The molecule has 0 amide bonds. The number of aromatic nitrogens is 1. The van der Waals surface area contributed by atoms with Crippen LogP contribution in [0.2, 0.25) is 0 Å². The summed E-state index contributed by atoms with van der Waals surface area (Å²) in [4.78, 5) is 8.99. The molecule has 0 atom stereocenters. The maximum atomic E-state index is 4.99. The maximum Gasteiger partial charge on any atom is 0.186 e. The van der Waals surface area contributed by atoms with Crippen LogP contribution >= 0.6 is 11.3 Å². The topological polar surface area (TPSA) is 28.2 Å². The average Bonchev–Trinajstić information content (AvgIpc) is 3.30. The number of hydrogen-bond donors (Lipinski definition) is 1. The lowest BCUT2D eigenvalue weighted by atomic mass is 10.2. The van der Waals surface area contributed by atoms with Gasteiger partial charge in [0, 0.05) is 29.9 Å². The first kappa shape index (κ1) is 13.4. The number of nitrogens with zero attached hydrogens (tertiary/aromatic N) is 2. The second kappa shape index (κ2) is 5.80. The molecule has 19 heavy (non-hydrogen) atoms. The lowest BCUT2D eigenvalue weighted by molar-refractivity contribution is 0.676. The van der Waals surface area contributed by atoms with Crippen LogP contribution in [0.15, 0.2) is 0 Å². The minimum atomic E-state index is 0.765. The highest BCUT2D eigenvalue weighted by atomic mass is 32.1. The zero-order valence-electron chi connectivity index (χ0n) is 12.1. The van der Waals surface area contributed by atoms with E-state index >= 15 is 0 Å². The Balaban J connectivity index is 1.75. The van der Waals surface area contributed by atoms with E-state index < -0.39 is 0 Å². The van der Waals surface area contributed by atoms with E-state index in [4.69, 9.17) is 4.98 Å². The summed E-state index contributed by atoms with van der Waals surface area (Å²) in [7, 11) is 0. The summed E-state index contributed by atoms with van der Waals surface area (Å²) in [6, 6.07) is 0.777. The molecular weight excluding hydrogens is 254 g/mol. The smallest absolute Gasteiger partial charge is 0.186 e. The number of anilines is 1. The Kier molecular flexibility index (Phi) is 4.08. The van der Waals surface area contributed by atoms with Crippen molar-refractivity contribution in [2.45, 2.75) is 64.5 Å². The van der Waals surface area contributed by atoms with Gasteiger partial charge in [-0.3, -0.25) is 0 Å². The Morgan fingerprint density at radius 3 is 2.63 bits per heavy atom. The molecule has 0 aliphatic heterocycles. The molecule has 0 bridgehead atoms. The summed E-state index contributed by atoms with van der Waals surface area (Å²) in [5, 5.41) is 4.82. The summed E-state index contributed by atoms with van der Waals surface area (Å²) in [5.41, 5.74) is 1.41. The van der Waals surface area contributed by atoms with Crippen molar-refractivity contribution in [3.63, 3.8) is 0 Å². The van der Waals surface area contributed by atoms with Gasteiger partial charge in [0.25, 0.3) is 0 Å². The molecule has 1 N–H and O–H groups in total. The Hall–Kier alpha value is -0.610. The first-order valence-corrected chi connectivity index (χ1v) is 8.62. The van der Waals surface area contributed by atoms with Gasteiger partial charge in [-0.15, -0.1) is 11.3 Å². The molecule has 1 aromatic rings. The van der Waals surface area contributed by atoms with E-state index in [-0.39, 0.29) is 0 Å². The summed E-state index contributed by atoms with van der Waals surface area (Å²) >= 11 is 1.93. The van der Waals surface area contributed by atoms with Crippen molar-refractivity contribution < 1.29 is 0 Å². The van der Waals surface area contributed by atoms with Crippen LogP contribution in [-0.2, 0) is 6.54 Å². The fourth-order valence-electron chi connectivity index (χ4n) is 2.59.